The van der Waals surface area contributed by atoms with Gasteiger partial charge in [0, 0.05) is 12.6 Å². The third-order valence-electron chi connectivity index (χ3n) is 2.88. The lowest BCUT2D eigenvalue weighted by Crippen LogP contribution is -2.27. The van der Waals surface area contributed by atoms with Crippen molar-refractivity contribution >= 4 is 17.3 Å². The Morgan fingerprint density at radius 2 is 2.47 bits per heavy atom. The van der Waals surface area contributed by atoms with Gasteiger partial charge in [-0.15, -0.1) is 11.3 Å². The molecule has 0 spiro atoms. The van der Waals surface area contributed by atoms with Gasteiger partial charge in [-0.2, -0.15) is 0 Å². The summed E-state index contributed by atoms with van der Waals surface area (Å²) >= 11 is 1.29. The molecule has 3 nitrogen and oxygen atoms in total. The second kappa shape index (κ2) is 4.33. The van der Waals surface area contributed by atoms with Gasteiger partial charge in [0.05, 0.1) is 0 Å². The molecule has 2 rings (SSSR count). The highest BCUT2D eigenvalue weighted by molar-refractivity contribution is 7.12. The van der Waals surface area contributed by atoms with Crippen molar-refractivity contribution in [3.63, 3.8) is 0 Å². The van der Waals surface area contributed by atoms with E-state index in [1.807, 2.05) is 11.4 Å². The molecule has 1 aliphatic carbocycles. The van der Waals surface area contributed by atoms with Crippen LogP contribution in [0.2, 0.25) is 0 Å². The second-order valence-electron chi connectivity index (χ2n) is 4.09. The molecular formula is C11H15NO2S. The average molecular weight is 225 g/mol. The highest BCUT2D eigenvalue weighted by Crippen LogP contribution is 2.32. The Balaban J connectivity index is 1.92. The molecule has 1 unspecified atom stereocenters. The van der Waals surface area contributed by atoms with Gasteiger partial charge in [-0.25, -0.2) is 4.79 Å². The van der Waals surface area contributed by atoms with Gasteiger partial charge in [0.15, 0.2) is 0 Å². The summed E-state index contributed by atoms with van der Waals surface area (Å²) in [5.74, 6) is -0.0159. The van der Waals surface area contributed by atoms with Crippen LogP contribution in [0.1, 0.15) is 35.0 Å². The van der Waals surface area contributed by atoms with Crippen LogP contribution in [0.15, 0.2) is 11.4 Å². The second-order valence-corrected chi connectivity index (χ2v) is 5.00. The van der Waals surface area contributed by atoms with E-state index in [4.69, 9.17) is 5.11 Å². The van der Waals surface area contributed by atoms with Crippen LogP contribution in [0.5, 0.6) is 0 Å². The van der Waals surface area contributed by atoms with E-state index in [1.54, 1.807) is 0 Å². The van der Waals surface area contributed by atoms with E-state index < -0.39 is 5.97 Å². The van der Waals surface area contributed by atoms with E-state index in [-0.39, 0.29) is 0 Å². The number of nitrogens with one attached hydrogen (secondary N) is 1. The first-order valence-corrected chi connectivity index (χ1v) is 6.09. The number of hydrogen-bond donors (Lipinski definition) is 2. The molecule has 0 aromatic carbocycles. The van der Waals surface area contributed by atoms with Crippen LogP contribution >= 0.6 is 11.3 Å². The Hall–Kier alpha value is -0.870. The maximum atomic E-state index is 10.9. The molecule has 1 aromatic rings. The Labute approximate surface area is 93.1 Å². The van der Waals surface area contributed by atoms with Crippen molar-refractivity contribution < 1.29 is 9.90 Å². The number of hydrogen-bond acceptors (Lipinski definition) is 3. The quantitative estimate of drug-likeness (QED) is 0.808. The monoisotopic (exact) mass is 225 g/mol. The number of carboxylic acids is 1. The van der Waals surface area contributed by atoms with Crippen molar-refractivity contribution in [2.75, 3.05) is 0 Å². The summed E-state index contributed by atoms with van der Waals surface area (Å²) in [5.41, 5.74) is 0.903. The van der Waals surface area contributed by atoms with Gasteiger partial charge >= 0.3 is 5.97 Å². The van der Waals surface area contributed by atoms with Crippen molar-refractivity contribution in [1.82, 2.24) is 5.32 Å². The van der Waals surface area contributed by atoms with Crippen molar-refractivity contribution in [3.8, 4) is 0 Å². The predicted molar refractivity (Wildman–Crippen MR) is 60.3 cm³/mol. The van der Waals surface area contributed by atoms with Crippen LogP contribution < -0.4 is 5.32 Å². The molecule has 1 atom stereocenters. The lowest BCUT2D eigenvalue weighted by molar-refractivity contribution is 0.0701. The summed E-state index contributed by atoms with van der Waals surface area (Å²) < 4.78 is 0. The summed E-state index contributed by atoms with van der Waals surface area (Å²) in [5, 5.41) is 14.1. The zero-order valence-electron chi connectivity index (χ0n) is 8.69. The fraction of sp³-hybridized carbons (Fsp3) is 0.545. The Morgan fingerprint density at radius 3 is 3.07 bits per heavy atom. The van der Waals surface area contributed by atoms with E-state index >= 15 is 0 Å². The molecule has 0 amide bonds. The number of thiophene rings is 1. The number of aromatic carboxylic acids is 1. The first-order valence-electron chi connectivity index (χ1n) is 5.21. The lowest BCUT2D eigenvalue weighted by atomic mass is 10.2. The molecule has 2 N–H and O–H groups in total. The third-order valence-corrected chi connectivity index (χ3v) is 3.83. The Kier molecular flexibility index (Phi) is 3.07. The van der Waals surface area contributed by atoms with Crippen LogP contribution in [-0.4, -0.2) is 17.1 Å². The molecule has 0 radical (unpaired) electrons. The minimum atomic E-state index is -0.819. The summed E-state index contributed by atoms with van der Waals surface area (Å²) in [6, 6.07) is 2.40. The molecule has 0 bridgehead atoms. The standard InChI is InChI=1S/C11H15NO2S/c1-7(8-2-3-8)12-6-9-4-5-15-10(9)11(13)14/h4-5,7-8,12H,2-3,6H2,1H3,(H,13,14). The van der Waals surface area contributed by atoms with Gasteiger partial charge in [-0.3, -0.25) is 0 Å². The maximum absolute atomic E-state index is 10.9. The lowest BCUT2D eigenvalue weighted by Gasteiger charge is -2.12. The van der Waals surface area contributed by atoms with Crippen molar-refractivity contribution in [2.45, 2.75) is 32.4 Å². The topological polar surface area (TPSA) is 49.3 Å². The van der Waals surface area contributed by atoms with Gasteiger partial charge < -0.3 is 10.4 Å². The minimum absolute atomic E-state index is 0.463. The normalized spacial score (nSPS) is 17.7. The van der Waals surface area contributed by atoms with Crippen LogP contribution in [0.25, 0.3) is 0 Å². The largest absolute Gasteiger partial charge is 0.477 e. The zero-order chi connectivity index (χ0) is 10.8. The van der Waals surface area contributed by atoms with E-state index in [2.05, 4.69) is 12.2 Å². The van der Waals surface area contributed by atoms with Crippen molar-refractivity contribution in [3.05, 3.63) is 21.9 Å². The Morgan fingerprint density at radius 1 is 1.73 bits per heavy atom. The van der Waals surface area contributed by atoms with Crippen LogP contribution in [0, 0.1) is 5.92 Å². The molecule has 15 heavy (non-hydrogen) atoms. The van der Waals surface area contributed by atoms with Crippen LogP contribution in [0.3, 0.4) is 0 Å². The van der Waals surface area contributed by atoms with E-state index in [0.29, 0.717) is 17.5 Å². The van der Waals surface area contributed by atoms with E-state index in [0.717, 1.165) is 11.5 Å². The van der Waals surface area contributed by atoms with Crippen LogP contribution in [-0.2, 0) is 6.54 Å². The fourth-order valence-corrected chi connectivity index (χ4v) is 2.46. The highest BCUT2D eigenvalue weighted by Gasteiger charge is 2.27. The molecule has 0 aliphatic heterocycles. The molecule has 0 saturated heterocycles. The maximum Gasteiger partial charge on any atom is 0.346 e. The third kappa shape index (κ3) is 2.58. The first-order chi connectivity index (χ1) is 7.18. The van der Waals surface area contributed by atoms with E-state index in [9.17, 15) is 4.79 Å². The van der Waals surface area contributed by atoms with Gasteiger partial charge in [-0.1, -0.05) is 0 Å². The fourth-order valence-electron chi connectivity index (χ4n) is 1.70. The van der Waals surface area contributed by atoms with Gasteiger partial charge in [0.25, 0.3) is 0 Å². The molecule has 1 saturated carbocycles. The average Bonchev–Trinajstić information content (AvgIpc) is 2.93. The van der Waals surface area contributed by atoms with Crippen LogP contribution in [0.4, 0.5) is 0 Å². The van der Waals surface area contributed by atoms with E-state index in [1.165, 1.54) is 24.2 Å². The van der Waals surface area contributed by atoms with Crippen molar-refractivity contribution in [2.24, 2.45) is 5.92 Å². The Bertz CT molecular complexity index is 357. The summed E-state index contributed by atoms with van der Waals surface area (Å²) in [7, 11) is 0. The number of rotatable bonds is 5. The minimum Gasteiger partial charge on any atom is -0.477 e. The molecule has 1 fully saturated rings. The zero-order valence-corrected chi connectivity index (χ0v) is 9.51. The molecule has 4 heteroatoms. The van der Waals surface area contributed by atoms with Gasteiger partial charge in [0.1, 0.15) is 4.88 Å². The summed E-state index contributed by atoms with van der Waals surface area (Å²) in [4.78, 5) is 11.3. The van der Waals surface area contributed by atoms with Gasteiger partial charge in [-0.05, 0) is 42.7 Å². The van der Waals surface area contributed by atoms with Crippen molar-refractivity contribution in [1.29, 1.82) is 0 Å². The first kappa shape index (κ1) is 10.6. The SMILES string of the molecule is CC(NCc1ccsc1C(=O)O)C1CC1. The number of carbonyl (C=O) groups is 1. The predicted octanol–water partition coefficient (Wildman–Crippen LogP) is 2.33. The molecule has 1 heterocycles. The summed E-state index contributed by atoms with van der Waals surface area (Å²) in [6.45, 7) is 2.84. The van der Waals surface area contributed by atoms with Gasteiger partial charge in [0.2, 0.25) is 0 Å². The molecule has 82 valence electrons. The highest BCUT2D eigenvalue weighted by atomic mass is 32.1. The molecule has 1 aromatic heterocycles. The molecule has 1 aliphatic rings. The summed E-state index contributed by atoms with van der Waals surface area (Å²) in [6.07, 6.45) is 2.62. The number of carboxylic acid groups (broad SMARTS) is 1. The smallest absolute Gasteiger partial charge is 0.346 e. The molecular weight excluding hydrogens is 210 g/mol.